The van der Waals surface area contributed by atoms with E-state index < -0.39 is 72.1 Å². The number of likely N-dealkylation sites (tertiary alicyclic amines) is 1. The smallest absolute Gasteiger partial charge is 0.417 e. The van der Waals surface area contributed by atoms with E-state index in [4.69, 9.17) is 15.1 Å². The van der Waals surface area contributed by atoms with Crippen LogP contribution in [0.1, 0.15) is 33.4 Å². The summed E-state index contributed by atoms with van der Waals surface area (Å²) in [6.45, 7) is -7.48. The quantitative estimate of drug-likeness (QED) is 0.896. The van der Waals surface area contributed by atoms with Crippen molar-refractivity contribution in [1.29, 1.82) is 0 Å². The second-order valence-corrected chi connectivity index (χ2v) is 4.26. The van der Waals surface area contributed by atoms with E-state index in [0.29, 0.717) is 12.1 Å². The first-order valence-corrected chi connectivity index (χ1v) is 5.85. The van der Waals surface area contributed by atoms with Crippen LogP contribution in [0.4, 0.5) is 23.8 Å². The molecule has 2 N–H and O–H groups in total. The fourth-order valence-corrected chi connectivity index (χ4v) is 1.60. The molecule has 3 atom stereocenters. The zero-order valence-electron chi connectivity index (χ0n) is 21.6. The molecular weight excluding hydrogens is 299 g/mol. The minimum absolute atomic E-state index is 0.277. The molecule has 0 bridgehead atoms. The number of aromatic nitrogens is 1. The highest BCUT2D eigenvalue weighted by molar-refractivity contribution is 5.66. The van der Waals surface area contributed by atoms with E-state index in [1.165, 1.54) is 0 Å². The Labute approximate surface area is 140 Å². The second-order valence-electron chi connectivity index (χ2n) is 4.26. The van der Waals surface area contributed by atoms with Gasteiger partial charge in [-0.15, -0.1) is 0 Å². The summed E-state index contributed by atoms with van der Waals surface area (Å²) in [6.07, 6.45) is -14.2. The Hall–Kier alpha value is -1.99. The molecule has 1 saturated carbocycles. The number of amides is 1. The van der Waals surface area contributed by atoms with Gasteiger partial charge in [-0.05, 0) is 36.7 Å². The molecule has 0 radical (unpaired) electrons. The largest absolute Gasteiger partial charge is 0.465 e. The number of alkyl halides is 3. The number of carbonyl (C=O) groups is 1. The SMILES string of the molecule is [2H]C([2H])(Nc1ccc(C(F)(F)F)cn1)[C@@]1([2H])N(C(=O)O)C([2H])([2H])[C@@]2([2H])C([2H])([2H])[C@@]2([2H])C1([2H])[2H]. The normalized spacial score (nSPS) is 52.1. The molecule has 1 aliphatic carbocycles. The maximum atomic E-state index is 12.7. The summed E-state index contributed by atoms with van der Waals surface area (Å²) >= 11 is 0. The summed E-state index contributed by atoms with van der Waals surface area (Å²) in [5, 5.41) is 11.4. The number of hydrogen-bond acceptors (Lipinski definition) is 3. The van der Waals surface area contributed by atoms with Gasteiger partial charge in [0, 0.05) is 30.2 Å². The van der Waals surface area contributed by atoms with Crippen molar-refractivity contribution in [3.63, 3.8) is 0 Å². The molecule has 2 heterocycles. The lowest BCUT2D eigenvalue weighted by Crippen LogP contribution is -2.47. The molecule has 3 rings (SSSR count). The average Bonchev–Trinajstić information content (AvgIpc) is 3.01. The van der Waals surface area contributed by atoms with Gasteiger partial charge in [-0.25, -0.2) is 9.78 Å². The lowest BCUT2D eigenvalue weighted by Gasteiger charge is -2.33. The van der Waals surface area contributed by atoms with Crippen LogP contribution in [-0.4, -0.2) is 40.1 Å². The third-order valence-corrected chi connectivity index (χ3v) is 2.72. The number of pyridine rings is 1. The van der Waals surface area contributed by atoms with Gasteiger partial charge in [0.05, 0.1) is 15.7 Å². The van der Waals surface area contributed by atoms with Crippen molar-refractivity contribution in [1.82, 2.24) is 9.88 Å². The van der Waals surface area contributed by atoms with E-state index in [9.17, 15) is 23.1 Å². The van der Waals surface area contributed by atoms with Crippen LogP contribution in [0.25, 0.3) is 0 Å². The predicted octanol–water partition coefficient (Wildman–Crippen LogP) is 2.90. The van der Waals surface area contributed by atoms with Crippen LogP contribution in [0.3, 0.4) is 0 Å². The first kappa shape index (κ1) is 6.64. The maximum absolute atomic E-state index is 12.7. The van der Waals surface area contributed by atoms with Crippen molar-refractivity contribution in [3.05, 3.63) is 23.9 Å². The van der Waals surface area contributed by atoms with Crippen molar-refractivity contribution in [2.75, 3.05) is 18.3 Å². The highest BCUT2D eigenvalue weighted by Crippen LogP contribution is 2.47. The molecule has 1 aromatic heterocycles. The predicted molar refractivity (Wildman–Crippen MR) is 72.5 cm³/mol. The van der Waals surface area contributed by atoms with Crippen LogP contribution >= 0.6 is 0 Å². The molecular formula is C14H16F3N3O2. The van der Waals surface area contributed by atoms with Gasteiger partial charge in [-0.2, -0.15) is 13.2 Å². The third kappa shape index (κ3) is 3.10. The van der Waals surface area contributed by atoms with Crippen molar-refractivity contribution in [2.24, 2.45) is 11.8 Å². The molecule has 0 spiro atoms. The van der Waals surface area contributed by atoms with Crippen molar-refractivity contribution < 1.29 is 38.2 Å². The van der Waals surface area contributed by atoms with E-state index in [1.807, 2.05) is 0 Å². The van der Waals surface area contributed by atoms with Crippen LogP contribution in [0.2, 0.25) is 0 Å². The van der Waals surface area contributed by atoms with Crippen LogP contribution < -0.4 is 5.32 Å². The van der Waals surface area contributed by atoms with Crippen LogP contribution in [0, 0.1) is 11.8 Å². The number of nitrogens with zero attached hydrogens (tertiary/aromatic N) is 2. The van der Waals surface area contributed by atoms with Gasteiger partial charge in [0.1, 0.15) is 5.82 Å². The molecule has 22 heavy (non-hydrogen) atoms. The number of anilines is 1. The summed E-state index contributed by atoms with van der Waals surface area (Å²) < 4.78 is 128. The maximum Gasteiger partial charge on any atom is 0.417 e. The van der Waals surface area contributed by atoms with Crippen LogP contribution in [0.5, 0.6) is 0 Å². The molecule has 2 aliphatic rings. The van der Waals surface area contributed by atoms with E-state index in [1.54, 1.807) is 5.32 Å². The molecule has 8 heteroatoms. The summed E-state index contributed by atoms with van der Waals surface area (Å²) in [4.78, 5) is 14.5. The lowest BCUT2D eigenvalue weighted by atomic mass is 10.0. The van der Waals surface area contributed by atoms with Gasteiger partial charge in [0.15, 0.2) is 0 Å². The number of carboxylic acid groups (broad SMARTS) is 1. The minimum atomic E-state index is -4.80. The molecule has 5 nitrogen and oxygen atoms in total. The molecule has 1 saturated heterocycles. The number of piperidine rings is 1. The first-order valence-electron chi connectivity index (χ1n) is 11.3. The number of hydrogen-bond donors (Lipinski definition) is 2. The van der Waals surface area contributed by atoms with E-state index >= 15 is 0 Å². The summed E-state index contributed by atoms with van der Waals surface area (Å²) in [5.41, 5.74) is -1.24. The Kier molecular flexibility index (Phi) is 1.61. The van der Waals surface area contributed by atoms with Crippen LogP contribution in [0.15, 0.2) is 18.3 Å². The standard InChI is InChI=1S/C14H16F3N3O2/c15-14(16,17)10-1-2-12(18-5-10)19-6-11-4-8-3-9(8)7-20(11)13(21)22/h1-2,5,8-9,11H,3-4,6-7H2,(H,18,19)(H,21,22)/t8-,9+,11-/m0/s1/i3D2,4D2,6D2,7D2,8D,9D,11D. The zero-order valence-corrected chi connectivity index (χ0v) is 10.6. The molecule has 2 fully saturated rings. The zero-order chi connectivity index (χ0) is 25.8. The fraction of sp³-hybridized carbons (Fsp3) is 0.571. The Balaban J connectivity index is 2.19. The number of nitrogens with one attached hydrogen (secondary N) is 1. The highest BCUT2D eigenvalue weighted by atomic mass is 19.4. The van der Waals surface area contributed by atoms with Gasteiger partial charge in [0.2, 0.25) is 0 Å². The summed E-state index contributed by atoms with van der Waals surface area (Å²) in [7, 11) is 0. The van der Waals surface area contributed by atoms with Crippen molar-refractivity contribution in [2.45, 2.75) is 24.9 Å². The topological polar surface area (TPSA) is 65.5 Å². The van der Waals surface area contributed by atoms with Crippen molar-refractivity contribution >= 4 is 11.9 Å². The van der Waals surface area contributed by atoms with Crippen LogP contribution in [-0.2, 0) is 6.18 Å². The second kappa shape index (κ2) is 5.33. The Morgan fingerprint density at radius 1 is 1.55 bits per heavy atom. The number of halogens is 3. The highest BCUT2D eigenvalue weighted by Gasteiger charge is 2.47. The van der Waals surface area contributed by atoms with Gasteiger partial charge in [-0.3, -0.25) is 0 Å². The Morgan fingerprint density at radius 3 is 2.91 bits per heavy atom. The Morgan fingerprint density at radius 2 is 2.32 bits per heavy atom. The van der Waals surface area contributed by atoms with Crippen molar-refractivity contribution in [3.8, 4) is 0 Å². The molecule has 0 aromatic carbocycles. The summed E-state index contributed by atoms with van der Waals surface area (Å²) in [6, 6.07) is -2.90. The fourth-order valence-electron chi connectivity index (χ4n) is 1.60. The monoisotopic (exact) mass is 326 g/mol. The number of rotatable bonds is 3. The third-order valence-electron chi connectivity index (χ3n) is 2.72. The molecule has 1 aromatic rings. The summed E-state index contributed by atoms with van der Waals surface area (Å²) in [5.74, 6) is -7.53. The number of fused-ring (bicyclic) bond motifs is 1. The first-order chi connectivity index (χ1) is 14.5. The van der Waals surface area contributed by atoms with E-state index in [0.717, 1.165) is 0 Å². The molecule has 0 unspecified atom stereocenters. The molecule has 1 aliphatic heterocycles. The van der Waals surface area contributed by atoms with Gasteiger partial charge in [-0.1, -0.05) is 0 Å². The Bertz CT molecular complexity index is 1010. The van der Waals surface area contributed by atoms with E-state index in [-0.39, 0.29) is 6.20 Å². The van der Waals surface area contributed by atoms with E-state index in [2.05, 4.69) is 4.98 Å². The average molecular weight is 326 g/mol. The van der Waals surface area contributed by atoms with Gasteiger partial charge >= 0.3 is 12.3 Å². The minimum Gasteiger partial charge on any atom is -0.465 e. The molecule has 1 amide bonds. The van der Waals surface area contributed by atoms with Gasteiger partial charge < -0.3 is 15.3 Å². The lowest BCUT2D eigenvalue weighted by molar-refractivity contribution is -0.137. The van der Waals surface area contributed by atoms with Gasteiger partial charge in [0.25, 0.3) is 0 Å². The molecule has 120 valence electrons.